The van der Waals surface area contributed by atoms with Crippen LogP contribution in [0.5, 0.6) is 11.5 Å². The number of hydrogen-bond donors (Lipinski definition) is 2. The Labute approximate surface area is 146 Å². The van der Waals surface area contributed by atoms with Crippen molar-refractivity contribution in [2.24, 2.45) is 5.92 Å². The maximum atomic E-state index is 11.5. The SMILES string of the molecule is COc1ccc(OCCC(=O)OCC(=O)NC(=O)NCC(C)C)cc1. The summed E-state index contributed by atoms with van der Waals surface area (Å²) in [4.78, 5) is 34.4. The molecule has 0 atom stereocenters. The highest BCUT2D eigenvalue weighted by molar-refractivity contribution is 5.95. The Balaban J connectivity index is 2.17. The predicted molar refractivity (Wildman–Crippen MR) is 90.4 cm³/mol. The number of amides is 3. The lowest BCUT2D eigenvalue weighted by Crippen LogP contribution is -2.42. The number of benzene rings is 1. The molecular weight excluding hydrogens is 328 g/mol. The van der Waals surface area contributed by atoms with E-state index in [9.17, 15) is 14.4 Å². The van der Waals surface area contributed by atoms with Crippen LogP contribution >= 0.6 is 0 Å². The van der Waals surface area contributed by atoms with E-state index >= 15 is 0 Å². The first-order chi connectivity index (χ1) is 11.9. The number of urea groups is 1. The van der Waals surface area contributed by atoms with Gasteiger partial charge in [-0.25, -0.2) is 4.79 Å². The molecule has 0 fully saturated rings. The second-order valence-electron chi connectivity index (χ2n) is 5.59. The van der Waals surface area contributed by atoms with Gasteiger partial charge in [0.1, 0.15) is 11.5 Å². The summed E-state index contributed by atoms with van der Waals surface area (Å²) < 4.78 is 15.2. The highest BCUT2D eigenvalue weighted by Crippen LogP contribution is 2.16. The van der Waals surface area contributed by atoms with Gasteiger partial charge in [0.05, 0.1) is 20.1 Å². The van der Waals surface area contributed by atoms with Gasteiger partial charge in [-0.1, -0.05) is 13.8 Å². The molecule has 0 spiro atoms. The second-order valence-corrected chi connectivity index (χ2v) is 5.59. The van der Waals surface area contributed by atoms with E-state index in [2.05, 4.69) is 10.6 Å². The Bertz CT molecular complexity index is 571. The summed E-state index contributed by atoms with van der Waals surface area (Å²) in [5, 5.41) is 4.60. The summed E-state index contributed by atoms with van der Waals surface area (Å²) in [5.41, 5.74) is 0. The molecule has 0 radical (unpaired) electrons. The van der Waals surface area contributed by atoms with Gasteiger partial charge in [-0.15, -0.1) is 0 Å². The highest BCUT2D eigenvalue weighted by atomic mass is 16.5. The fraction of sp³-hybridized carbons (Fsp3) is 0.471. The van der Waals surface area contributed by atoms with Gasteiger partial charge in [-0.3, -0.25) is 14.9 Å². The zero-order valence-electron chi connectivity index (χ0n) is 14.7. The average molecular weight is 352 g/mol. The van der Waals surface area contributed by atoms with E-state index in [-0.39, 0.29) is 18.9 Å². The molecule has 8 nitrogen and oxygen atoms in total. The van der Waals surface area contributed by atoms with Crippen molar-refractivity contribution in [3.05, 3.63) is 24.3 Å². The molecule has 0 saturated carbocycles. The van der Waals surface area contributed by atoms with Crippen LogP contribution in [0, 0.1) is 5.92 Å². The molecule has 8 heteroatoms. The van der Waals surface area contributed by atoms with Gasteiger partial charge in [-0.2, -0.15) is 0 Å². The zero-order chi connectivity index (χ0) is 18.7. The van der Waals surface area contributed by atoms with E-state index in [4.69, 9.17) is 14.2 Å². The van der Waals surface area contributed by atoms with E-state index in [1.54, 1.807) is 31.4 Å². The summed E-state index contributed by atoms with van der Waals surface area (Å²) in [6.07, 6.45) is -0.0150. The van der Waals surface area contributed by atoms with Crippen LogP contribution in [0.1, 0.15) is 20.3 Å². The van der Waals surface area contributed by atoms with Crippen LogP contribution in [-0.2, 0) is 14.3 Å². The molecule has 0 bridgehead atoms. The van der Waals surface area contributed by atoms with Crippen LogP contribution in [0.4, 0.5) is 4.79 Å². The van der Waals surface area contributed by atoms with Crippen LogP contribution in [-0.4, -0.2) is 44.8 Å². The van der Waals surface area contributed by atoms with Crippen molar-refractivity contribution in [2.75, 3.05) is 26.9 Å². The van der Waals surface area contributed by atoms with Crippen molar-refractivity contribution >= 4 is 17.9 Å². The van der Waals surface area contributed by atoms with Gasteiger partial charge >= 0.3 is 12.0 Å². The quantitative estimate of drug-likeness (QED) is 0.653. The molecule has 1 aromatic carbocycles. The van der Waals surface area contributed by atoms with Crippen molar-refractivity contribution in [1.29, 1.82) is 0 Å². The average Bonchev–Trinajstić information content (AvgIpc) is 2.59. The van der Waals surface area contributed by atoms with E-state index in [0.29, 0.717) is 18.0 Å². The van der Waals surface area contributed by atoms with Gasteiger partial charge in [-0.05, 0) is 30.2 Å². The molecule has 3 amide bonds. The van der Waals surface area contributed by atoms with Gasteiger partial charge in [0.15, 0.2) is 6.61 Å². The number of carbonyl (C=O) groups excluding carboxylic acids is 3. The standard InChI is InChI=1S/C17H24N2O6/c1-12(2)10-18-17(22)19-15(20)11-25-16(21)8-9-24-14-6-4-13(23-3)5-7-14/h4-7,12H,8-11H2,1-3H3,(H2,18,19,20,22). The molecule has 2 N–H and O–H groups in total. The molecule has 0 unspecified atom stereocenters. The number of methoxy groups -OCH3 is 1. The number of esters is 1. The molecule has 138 valence electrons. The topological polar surface area (TPSA) is 103 Å². The number of nitrogens with one attached hydrogen (secondary N) is 2. The van der Waals surface area contributed by atoms with Gasteiger partial charge in [0.2, 0.25) is 0 Å². The number of hydrogen-bond acceptors (Lipinski definition) is 6. The number of imide groups is 1. The van der Waals surface area contributed by atoms with Crippen molar-refractivity contribution in [1.82, 2.24) is 10.6 Å². The lowest BCUT2D eigenvalue weighted by molar-refractivity contribution is -0.148. The Hall–Kier alpha value is -2.77. The number of carbonyl (C=O) groups is 3. The Morgan fingerprint density at radius 3 is 2.32 bits per heavy atom. The van der Waals surface area contributed by atoms with Crippen LogP contribution in [0.25, 0.3) is 0 Å². The summed E-state index contributed by atoms with van der Waals surface area (Å²) in [6, 6.07) is 6.29. The molecule has 1 aromatic rings. The van der Waals surface area contributed by atoms with Gasteiger partial charge < -0.3 is 19.5 Å². The minimum atomic E-state index is -0.689. The summed E-state index contributed by atoms with van der Waals surface area (Å²) in [5.74, 6) is 0.282. The molecular formula is C17H24N2O6. The van der Waals surface area contributed by atoms with E-state index < -0.39 is 24.5 Å². The van der Waals surface area contributed by atoms with E-state index in [1.807, 2.05) is 13.8 Å². The van der Waals surface area contributed by atoms with Crippen molar-refractivity contribution in [2.45, 2.75) is 20.3 Å². The number of rotatable bonds is 9. The van der Waals surface area contributed by atoms with Crippen LogP contribution in [0.3, 0.4) is 0 Å². The molecule has 0 heterocycles. The molecule has 0 aromatic heterocycles. The molecule has 0 aliphatic heterocycles. The molecule has 0 aliphatic rings. The first kappa shape index (κ1) is 20.3. The maximum absolute atomic E-state index is 11.5. The third-order valence-corrected chi connectivity index (χ3v) is 2.92. The largest absolute Gasteiger partial charge is 0.497 e. The van der Waals surface area contributed by atoms with Crippen molar-refractivity contribution < 1.29 is 28.6 Å². The molecule has 0 aliphatic carbocycles. The fourth-order valence-electron chi connectivity index (χ4n) is 1.65. The normalized spacial score (nSPS) is 10.1. The number of ether oxygens (including phenoxy) is 3. The van der Waals surface area contributed by atoms with E-state index in [0.717, 1.165) is 0 Å². The second kappa shape index (κ2) is 10.9. The smallest absolute Gasteiger partial charge is 0.321 e. The summed E-state index contributed by atoms with van der Waals surface area (Å²) >= 11 is 0. The van der Waals surface area contributed by atoms with Gasteiger partial charge in [0, 0.05) is 6.54 Å². The van der Waals surface area contributed by atoms with Crippen LogP contribution in [0.15, 0.2) is 24.3 Å². The Morgan fingerprint density at radius 2 is 1.72 bits per heavy atom. The van der Waals surface area contributed by atoms with Gasteiger partial charge in [0.25, 0.3) is 5.91 Å². The van der Waals surface area contributed by atoms with Crippen LogP contribution in [0.2, 0.25) is 0 Å². The summed E-state index contributed by atoms with van der Waals surface area (Å²) in [6.45, 7) is 3.90. The molecule has 0 saturated heterocycles. The highest BCUT2D eigenvalue weighted by Gasteiger charge is 2.11. The first-order valence-corrected chi connectivity index (χ1v) is 7.91. The van der Waals surface area contributed by atoms with Crippen LogP contribution < -0.4 is 20.1 Å². The summed E-state index contributed by atoms with van der Waals surface area (Å²) in [7, 11) is 1.57. The third kappa shape index (κ3) is 9.19. The van der Waals surface area contributed by atoms with Crippen molar-refractivity contribution in [3.8, 4) is 11.5 Å². The first-order valence-electron chi connectivity index (χ1n) is 7.91. The molecule has 25 heavy (non-hydrogen) atoms. The van der Waals surface area contributed by atoms with E-state index in [1.165, 1.54) is 0 Å². The Morgan fingerprint density at radius 1 is 1.08 bits per heavy atom. The maximum Gasteiger partial charge on any atom is 0.321 e. The van der Waals surface area contributed by atoms with Crippen molar-refractivity contribution in [3.63, 3.8) is 0 Å². The molecule has 1 rings (SSSR count). The lowest BCUT2D eigenvalue weighted by Gasteiger charge is -2.09. The minimum absolute atomic E-state index is 0.0150. The predicted octanol–water partition coefficient (Wildman–Crippen LogP) is 1.49. The zero-order valence-corrected chi connectivity index (χ0v) is 14.7. The minimum Gasteiger partial charge on any atom is -0.497 e. The third-order valence-electron chi connectivity index (χ3n) is 2.92. The Kier molecular flexibility index (Phi) is 8.84. The lowest BCUT2D eigenvalue weighted by atomic mass is 10.2. The fourth-order valence-corrected chi connectivity index (χ4v) is 1.65. The monoisotopic (exact) mass is 352 g/mol.